The molecule has 0 saturated heterocycles. The fourth-order valence-corrected chi connectivity index (χ4v) is 9.57. The molecule has 308 valence electrons. The van der Waals surface area contributed by atoms with E-state index in [2.05, 4.69) is 10.3 Å². The van der Waals surface area contributed by atoms with Crippen molar-refractivity contribution in [1.29, 1.82) is 0 Å². The standard InChI is InChI=1S/C45H42F2N6O5S2/c1-5-58-43(54)16-11-30-7-6-8-31(23-30)40-19-22-57-28-45(3,4)42-27-51(50-48-42)26-36-34-17-21-53(60(55,56)33-13-9-29(2)10-14-33)41(34)25-38(47)44(36)59-32-12-15-37(46)35(24-32)39-18-20-52(40)49-39/h6-18,20-21,23-25,27,40H,5,19,22,26,28H2,1-4H3/b16-11+. The number of carbonyl (C=O) groups is 1. The highest BCUT2D eigenvalue weighted by Crippen LogP contribution is 2.40. The third kappa shape index (κ3) is 8.29. The van der Waals surface area contributed by atoms with E-state index >= 15 is 8.78 Å². The molecule has 1 aliphatic rings. The molecule has 0 N–H and O–H groups in total. The van der Waals surface area contributed by atoms with Gasteiger partial charge >= 0.3 is 5.97 Å². The van der Waals surface area contributed by atoms with Crippen molar-refractivity contribution in [3.63, 3.8) is 0 Å². The second-order valence-electron chi connectivity index (χ2n) is 15.3. The van der Waals surface area contributed by atoms with E-state index in [0.717, 1.165) is 32.4 Å². The van der Waals surface area contributed by atoms with Crippen LogP contribution >= 0.6 is 11.8 Å². The molecule has 7 aromatic rings. The Morgan fingerprint density at radius 2 is 1.83 bits per heavy atom. The summed E-state index contributed by atoms with van der Waals surface area (Å²) < 4.78 is 76.1. The number of hydrogen-bond acceptors (Lipinski definition) is 9. The van der Waals surface area contributed by atoms with Gasteiger partial charge in [-0.3, -0.25) is 4.68 Å². The number of esters is 1. The molecular weight excluding hydrogens is 807 g/mol. The van der Waals surface area contributed by atoms with Gasteiger partial charge in [0.1, 0.15) is 11.6 Å². The van der Waals surface area contributed by atoms with E-state index in [1.807, 2.05) is 45.0 Å². The minimum Gasteiger partial charge on any atom is -0.463 e. The average molecular weight is 849 g/mol. The molecule has 15 heteroatoms. The van der Waals surface area contributed by atoms with Crippen molar-refractivity contribution in [2.75, 3.05) is 19.8 Å². The van der Waals surface area contributed by atoms with E-state index in [1.54, 1.807) is 71.2 Å². The smallest absolute Gasteiger partial charge is 0.330 e. The molecule has 0 amide bonds. The molecule has 0 spiro atoms. The minimum atomic E-state index is -4.08. The normalized spacial score (nSPS) is 15.9. The van der Waals surface area contributed by atoms with Crippen LogP contribution in [0.3, 0.4) is 0 Å². The number of nitrogens with zero attached hydrogens (tertiary/aromatic N) is 6. The maximum Gasteiger partial charge on any atom is 0.330 e. The minimum absolute atomic E-state index is 0.0588. The molecule has 0 aliphatic carbocycles. The zero-order chi connectivity index (χ0) is 42.2. The lowest BCUT2D eigenvalue weighted by atomic mass is 9.91. The number of carbonyl (C=O) groups excluding carboxylic acids is 1. The van der Waals surface area contributed by atoms with Crippen molar-refractivity contribution in [2.24, 2.45) is 0 Å². The summed E-state index contributed by atoms with van der Waals surface area (Å²) in [4.78, 5) is 12.9. The molecule has 1 unspecified atom stereocenters. The van der Waals surface area contributed by atoms with E-state index in [1.165, 1.54) is 36.5 Å². The summed E-state index contributed by atoms with van der Waals surface area (Å²) in [6.07, 6.45) is 8.61. The number of halogens is 2. The zero-order valence-corrected chi connectivity index (χ0v) is 35.0. The predicted molar refractivity (Wildman–Crippen MR) is 225 cm³/mol. The zero-order valence-electron chi connectivity index (χ0n) is 33.4. The lowest BCUT2D eigenvalue weighted by molar-refractivity contribution is -0.137. The molecule has 4 aromatic carbocycles. The largest absolute Gasteiger partial charge is 0.463 e. The first kappa shape index (κ1) is 40.9. The van der Waals surface area contributed by atoms with Crippen molar-refractivity contribution in [2.45, 2.75) is 66.8 Å². The van der Waals surface area contributed by atoms with Gasteiger partial charge in [-0.1, -0.05) is 66.7 Å². The van der Waals surface area contributed by atoms with Crippen LogP contribution in [-0.2, 0) is 36.3 Å². The number of ether oxygens (including phenoxy) is 2. The summed E-state index contributed by atoms with van der Waals surface area (Å²) in [7, 11) is -4.08. The van der Waals surface area contributed by atoms with E-state index in [4.69, 9.17) is 14.6 Å². The van der Waals surface area contributed by atoms with E-state index < -0.39 is 33.0 Å². The second-order valence-corrected chi connectivity index (χ2v) is 18.1. The van der Waals surface area contributed by atoms with Crippen molar-refractivity contribution in [3.8, 4) is 11.3 Å². The van der Waals surface area contributed by atoms with Crippen LogP contribution < -0.4 is 0 Å². The Bertz CT molecular complexity index is 2860. The topological polar surface area (TPSA) is 123 Å². The molecule has 0 saturated carbocycles. The summed E-state index contributed by atoms with van der Waals surface area (Å²) >= 11 is 1.10. The van der Waals surface area contributed by atoms with Crippen LogP contribution in [0.4, 0.5) is 8.78 Å². The molecule has 4 heterocycles. The van der Waals surface area contributed by atoms with Crippen LogP contribution in [0.25, 0.3) is 28.2 Å². The van der Waals surface area contributed by atoms with Crippen LogP contribution in [0.15, 0.2) is 124 Å². The van der Waals surface area contributed by atoms with Crippen molar-refractivity contribution in [1.82, 2.24) is 28.7 Å². The summed E-state index contributed by atoms with van der Waals surface area (Å²) in [6, 6.07) is 23.1. The first-order chi connectivity index (χ1) is 28.8. The number of aryl methyl sites for hydroxylation is 1. The van der Waals surface area contributed by atoms with Gasteiger partial charge in [-0.05, 0) is 91.6 Å². The van der Waals surface area contributed by atoms with Crippen LogP contribution in [0.2, 0.25) is 0 Å². The summed E-state index contributed by atoms with van der Waals surface area (Å²) in [5, 5.41) is 14.3. The quantitative estimate of drug-likeness (QED) is 0.119. The molecule has 1 aliphatic heterocycles. The Morgan fingerprint density at radius 3 is 2.63 bits per heavy atom. The van der Waals surface area contributed by atoms with Crippen molar-refractivity contribution < 1.29 is 31.5 Å². The number of aromatic nitrogens is 6. The highest BCUT2D eigenvalue weighted by atomic mass is 32.2. The van der Waals surface area contributed by atoms with Gasteiger partial charge in [0.05, 0.1) is 52.5 Å². The highest BCUT2D eigenvalue weighted by Gasteiger charge is 2.28. The van der Waals surface area contributed by atoms with Gasteiger partial charge in [-0.25, -0.2) is 30.6 Å². The third-order valence-corrected chi connectivity index (χ3v) is 13.3. The molecular formula is C45H42F2N6O5S2. The molecule has 3 aromatic heterocycles. The fraction of sp³-hybridized carbons (Fsp3) is 0.244. The van der Waals surface area contributed by atoms with Crippen LogP contribution in [0.1, 0.15) is 61.2 Å². The first-order valence-electron chi connectivity index (χ1n) is 19.4. The third-order valence-electron chi connectivity index (χ3n) is 10.5. The monoisotopic (exact) mass is 848 g/mol. The van der Waals surface area contributed by atoms with Gasteiger partial charge in [0, 0.05) is 58.6 Å². The second kappa shape index (κ2) is 16.6. The van der Waals surface area contributed by atoms with E-state index in [-0.39, 0.29) is 40.1 Å². The van der Waals surface area contributed by atoms with Crippen molar-refractivity contribution >= 4 is 44.7 Å². The maximum absolute atomic E-state index is 16.7. The number of rotatable bonds is 6. The molecule has 60 heavy (non-hydrogen) atoms. The summed E-state index contributed by atoms with van der Waals surface area (Å²) in [6.45, 7) is 8.59. The molecule has 8 rings (SSSR count). The lowest BCUT2D eigenvalue weighted by Crippen LogP contribution is -2.26. The molecule has 1 atom stereocenters. The first-order valence-corrected chi connectivity index (χ1v) is 21.7. The van der Waals surface area contributed by atoms with Gasteiger partial charge in [-0.15, -0.1) is 5.10 Å². The van der Waals surface area contributed by atoms with Gasteiger partial charge in [-0.2, -0.15) is 5.10 Å². The number of hydrogen-bond donors (Lipinski definition) is 0. The highest BCUT2D eigenvalue weighted by molar-refractivity contribution is 7.99. The lowest BCUT2D eigenvalue weighted by Gasteiger charge is -2.23. The van der Waals surface area contributed by atoms with Crippen molar-refractivity contribution in [3.05, 3.63) is 149 Å². The van der Waals surface area contributed by atoms with Crippen LogP contribution in [-0.4, -0.2) is 63.0 Å². The summed E-state index contributed by atoms with van der Waals surface area (Å²) in [5.74, 6) is -1.60. The Kier molecular flexibility index (Phi) is 11.3. The van der Waals surface area contributed by atoms with Gasteiger partial charge in [0.15, 0.2) is 0 Å². The van der Waals surface area contributed by atoms with Crippen LogP contribution in [0, 0.1) is 18.6 Å². The molecule has 11 nitrogen and oxygen atoms in total. The van der Waals surface area contributed by atoms with Gasteiger partial charge in [0.25, 0.3) is 10.0 Å². The number of benzene rings is 4. The number of fused-ring (bicyclic) bond motifs is 10. The Labute approximate surface area is 350 Å². The Morgan fingerprint density at radius 1 is 1.02 bits per heavy atom. The Balaban J connectivity index is 1.23. The van der Waals surface area contributed by atoms with E-state index in [0.29, 0.717) is 46.9 Å². The molecule has 0 fully saturated rings. The van der Waals surface area contributed by atoms with Gasteiger partial charge in [0.2, 0.25) is 0 Å². The van der Waals surface area contributed by atoms with E-state index in [9.17, 15) is 13.2 Å². The van der Waals surface area contributed by atoms with Gasteiger partial charge < -0.3 is 9.47 Å². The molecule has 6 bridgehead atoms. The maximum atomic E-state index is 16.7. The van der Waals surface area contributed by atoms with Crippen LogP contribution in [0.5, 0.6) is 0 Å². The Hall–Kier alpha value is -5.90. The average Bonchev–Trinajstić information content (AvgIpc) is 4.00. The molecule has 0 radical (unpaired) electrons. The fourth-order valence-electron chi connectivity index (χ4n) is 7.23. The SMILES string of the molecule is CCOC(=O)/C=C/c1cccc(C2CCOCC(C)(C)c3cn(nn3)Cc3c(c(F)cc4c3ccn4S(=O)(=O)c3ccc(C)cc3)Sc3ccc(F)c(c3)-c3ccn2n3)c1. The summed E-state index contributed by atoms with van der Waals surface area (Å²) in [5.41, 5.74) is 3.91. The predicted octanol–water partition coefficient (Wildman–Crippen LogP) is 8.98.